The highest BCUT2D eigenvalue weighted by atomic mass is 31.2. The predicted octanol–water partition coefficient (Wildman–Crippen LogP) is 3.62. The molecule has 1 heteroatoms. The minimum absolute atomic E-state index is 0.489. The maximum absolute atomic E-state index is 2.49. The maximum atomic E-state index is 2.49. The SMILES string of the molecule is CC(C)(C)[P+]12CCC(CC1)CC2. The van der Waals surface area contributed by atoms with Gasteiger partial charge in [-0.2, -0.15) is 0 Å². The van der Waals surface area contributed by atoms with Crippen molar-refractivity contribution < 1.29 is 0 Å². The van der Waals surface area contributed by atoms with E-state index in [4.69, 9.17) is 0 Å². The Morgan fingerprint density at radius 1 is 0.917 bits per heavy atom. The van der Waals surface area contributed by atoms with Gasteiger partial charge in [0.15, 0.2) is 0 Å². The maximum Gasteiger partial charge on any atom is 0.0715 e. The Hall–Kier alpha value is 0.430. The molecule has 3 saturated heterocycles. The zero-order valence-corrected chi connectivity index (χ0v) is 9.66. The molecule has 2 bridgehead atoms. The molecule has 0 unspecified atom stereocenters. The lowest BCUT2D eigenvalue weighted by molar-refractivity contribution is 0.434. The van der Waals surface area contributed by atoms with Crippen molar-refractivity contribution in [2.75, 3.05) is 18.5 Å². The van der Waals surface area contributed by atoms with Crippen LogP contribution in [0.15, 0.2) is 0 Å². The van der Waals surface area contributed by atoms with Gasteiger partial charge in [-0.05, 0) is 46.0 Å². The Morgan fingerprint density at radius 2 is 1.33 bits per heavy atom. The van der Waals surface area contributed by atoms with E-state index in [2.05, 4.69) is 20.8 Å². The van der Waals surface area contributed by atoms with Crippen molar-refractivity contribution in [3.63, 3.8) is 0 Å². The van der Waals surface area contributed by atoms with Gasteiger partial charge in [-0.1, -0.05) is 0 Å². The lowest BCUT2D eigenvalue weighted by Gasteiger charge is -2.47. The lowest BCUT2D eigenvalue weighted by atomic mass is 9.99. The van der Waals surface area contributed by atoms with E-state index in [1.807, 2.05) is 0 Å². The molecule has 0 N–H and O–H groups in total. The van der Waals surface area contributed by atoms with Crippen LogP contribution in [0.5, 0.6) is 0 Å². The molecular formula is C11H22P+. The number of rotatable bonds is 0. The zero-order chi connectivity index (χ0) is 8.82. The predicted molar refractivity (Wildman–Crippen MR) is 58.6 cm³/mol. The zero-order valence-electron chi connectivity index (χ0n) is 8.77. The molecule has 3 aliphatic rings. The molecule has 0 nitrogen and oxygen atoms in total. The smallest absolute Gasteiger partial charge is 0.0311 e. The van der Waals surface area contributed by atoms with Crippen molar-refractivity contribution in [2.45, 2.75) is 45.2 Å². The quantitative estimate of drug-likeness (QED) is 0.506. The van der Waals surface area contributed by atoms with Crippen molar-refractivity contribution in [3.05, 3.63) is 0 Å². The third kappa shape index (κ3) is 1.23. The molecule has 0 aromatic carbocycles. The van der Waals surface area contributed by atoms with Gasteiger partial charge in [0.1, 0.15) is 0 Å². The van der Waals surface area contributed by atoms with E-state index in [0.29, 0.717) is 5.16 Å². The van der Waals surface area contributed by atoms with Crippen LogP contribution in [0.4, 0.5) is 0 Å². The summed E-state index contributed by atoms with van der Waals surface area (Å²) in [6, 6.07) is 0. The Balaban J connectivity index is 2.19. The van der Waals surface area contributed by atoms with Gasteiger partial charge >= 0.3 is 0 Å². The first-order valence-corrected chi connectivity index (χ1v) is 7.74. The monoisotopic (exact) mass is 185 g/mol. The van der Waals surface area contributed by atoms with Gasteiger partial charge in [-0.3, -0.25) is 0 Å². The Kier molecular flexibility index (Phi) is 2.03. The second-order valence-corrected chi connectivity index (χ2v) is 10.7. The third-order valence-corrected chi connectivity index (χ3v) is 10.5. The first-order valence-electron chi connectivity index (χ1n) is 5.40. The summed E-state index contributed by atoms with van der Waals surface area (Å²) in [5.41, 5.74) is 0. The van der Waals surface area contributed by atoms with Crippen molar-refractivity contribution in [1.82, 2.24) is 0 Å². The first kappa shape index (κ1) is 9.00. The fourth-order valence-electron chi connectivity index (χ4n) is 3.06. The largest absolute Gasteiger partial charge is 0.0715 e. The Labute approximate surface area is 77.5 Å². The van der Waals surface area contributed by atoms with Crippen LogP contribution < -0.4 is 0 Å². The van der Waals surface area contributed by atoms with Gasteiger partial charge in [0, 0.05) is 7.26 Å². The average molecular weight is 185 g/mol. The molecule has 0 radical (unpaired) electrons. The van der Waals surface area contributed by atoms with Crippen LogP contribution in [0.3, 0.4) is 0 Å². The summed E-state index contributed by atoms with van der Waals surface area (Å²) < 4.78 is 0. The van der Waals surface area contributed by atoms with Crippen LogP contribution in [0.2, 0.25) is 0 Å². The second kappa shape index (κ2) is 2.71. The van der Waals surface area contributed by atoms with Crippen LogP contribution in [0.1, 0.15) is 40.0 Å². The standard InChI is InChI=1S/C11H22P/c1-11(2,3)12-7-4-10(5-8-12)6-9-12/h10H,4-9H2,1-3H3/q+1. The van der Waals surface area contributed by atoms with Crippen LogP contribution in [0.25, 0.3) is 0 Å². The summed E-state index contributed by atoms with van der Waals surface area (Å²) in [5.74, 6) is 1.13. The fraction of sp³-hybridized carbons (Fsp3) is 1.00. The molecule has 0 spiro atoms. The third-order valence-electron chi connectivity index (χ3n) is 4.32. The normalized spacial score (nSPS) is 41.8. The summed E-state index contributed by atoms with van der Waals surface area (Å²) in [5, 5.41) is 0.665. The summed E-state index contributed by atoms with van der Waals surface area (Å²) in [6.45, 7) is 7.48. The molecule has 0 aromatic heterocycles. The molecule has 70 valence electrons. The highest BCUT2D eigenvalue weighted by Crippen LogP contribution is 2.74. The molecule has 3 rings (SSSR count). The van der Waals surface area contributed by atoms with E-state index in [1.54, 1.807) is 37.7 Å². The first-order chi connectivity index (χ1) is 5.54. The molecule has 0 aliphatic carbocycles. The highest BCUT2D eigenvalue weighted by Gasteiger charge is 2.53. The van der Waals surface area contributed by atoms with Crippen molar-refractivity contribution >= 4 is 7.26 Å². The molecule has 0 amide bonds. The lowest BCUT2D eigenvalue weighted by Crippen LogP contribution is -2.37. The summed E-state index contributed by atoms with van der Waals surface area (Å²) in [6.07, 6.45) is 9.60. The highest BCUT2D eigenvalue weighted by molar-refractivity contribution is 7.77. The van der Waals surface area contributed by atoms with Gasteiger partial charge in [-0.15, -0.1) is 0 Å². The average Bonchev–Trinajstić information content (AvgIpc) is 2.06. The fourth-order valence-corrected chi connectivity index (χ4v) is 8.33. The van der Waals surface area contributed by atoms with Crippen molar-refractivity contribution in [1.29, 1.82) is 0 Å². The topological polar surface area (TPSA) is 0 Å². The van der Waals surface area contributed by atoms with E-state index in [0.717, 1.165) is 5.92 Å². The molecule has 3 aliphatic heterocycles. The Bertz CT molecular complexity index is 156. The number of hydrogen-bond donors (Lipinski definition) is 0. The van der Waals surface area contributed by atoms with Crippen molar-refractivity contribution in [3.8, 4) is 0 Å². The van der Waals surface area contributed by atoms with E-state index in [9.17, 15) is 0 Å². The van der Waals surface area contributed by atoms with Crippen LogP contribution >= 0.6 is 7.26 Å². The number of fused-ring (bicyclic) bond motifs is 3. The van der Waals surface area contributed by atoms with Gasteiger partial charge in [0.2, 0.25) is 0 Å². The van der Waals surface area contributed by atoms with Crippen LogP contribution in [-0.2, 0) is 0 Å². The summed E-state index contributed by atoms with van der Waals surface area (Å²) >= 11 is 0. The molecular weight excluding hydrogens is 163 g/mol. The van der Waals surface area contributed by atoms with Crippen LogP contribution in [0, 0.1) is 5.92 Å². The molecule has 12 heavy (non-hydrogen) atoms. The minimum Gasteiger partial charge on any atom is -0.0311 e. The van der Waals surface area contributed by atoms with Gasteiger partial charge in [-0.25, -0.2) is 0 Å². The molecule has 0 atom stereocenters. The summed E-state index contributed by atoms with van der Waals surface area (Å²) in [7, 11) is -0.489. The van der Waals surface area contributed by atoms with Gasteiger partial charge in [0.25, 0.3) is 0 Å². The van der Waals surface area contributed by atoms with Crippen LogP contribution in [-0.4, -0.2) is 23.6 Å². The molecule has 0 saturated carbocycles. The van der Waals surface area contributed by atoms with E-state index < -0.39 is 7.26 Å². The van der Waals surface area contributed by atoms with E-state index in [-0.39, 0.29) is 0 Å². The Morgan fingerprint density at radius 3 is 1.58 bits per heavy atom. The van der Waals surface area contributed by atoms with Gasteiger partial charge in [0.05, 0.1) is 23.6 Å². The van der Waals surface area contributed by atoms with Gasteiger partial charge < -0.3 is 0 Å². The number of hydrogen-bond acceptors (Lipinski definition) is 0. The second-order valence-electron chi connectivity index (χ2n) is 5.72. The molecule has 0 aromatic rings. The minimum atomic E-state index is -0.489. The van der Waals surface area contributed by atoms with E-state index >= 15 is 0 Å². The van der Waals surface area contributed by atoms with Crippen molar-refractivity contribution in [2.24, 2.45) is 5.92 Å². The van der Waals surface area contributed by atoms with E-state index in [1.165, 1.54) is 0 Å². The molecule has 3 heterocycles. The molecule has 3 fully saturated rings. The summed E-state index contributed by atoms with van der Waals surface area (Å²) in [4.78, 5) is 0.